The lowest BCUT2D eigenvalue weighted by molar-refractivity contribution is -0.169. The van der Waals surface area contributed by atoms with Gasteiger partial charge in [0.1, 0.15) is 0 Å². The minimum absolute atomic E-state index is 0.260. The molecular weight excluding hydrogens is 206 g/mol. The molecule has 0 heterocycles. The van der Waals surface area contributed by atoms with Gasteiger partial charge in [0.15, 0.2) is 6.10 Å². The summed E-state index contributed by atoms with van der Waals surface area (Å²) in [7, 11) is 0. The molecule has 4 nitrogen and oxygen atoms in total. The minimum atomic E-state index is -0.457. The summed E-state index contributed by atoms with van der Waals surface area (Å²) < 4.78 is 10.9. The van der Waals surface area contributed by atoms with E-state index in [2.05, 4.69) is 0 Å². The average Bonchev–Trinajstić information content (AvgIpc) is 2.75. The number of rotatable bonds is 6. The molecule has 0 saturated heterocycles. The molecule has 0 bridgehead atoms. The van der Waals surface area contributed by atoms with E-state index in [1.54, 1.807) is 6.92 Å². The van der Waals surface area contributed by atoms with Crippen LogP contribution in [-0.2, 0) is 14.3 Å². The molecule has 2 N–H and O–H groups in total. The lowest BCUT2D eigenvalue weighted by Gasteiger charge is -2.31. The van der Waals surface area contributed by atoms with Crippen molar-refractivity contribution in [2.24, 2.45) is 5.73 Å². The minimum Gasteiger partial charge on any atom is -0.464 e. The van der Waals surface area contributed by atoms with Crippen molar-refractivity contribution in [3.05, 3.63) is 0 Å². The number of esters is 1. The molecule has 0 aromatic carbocycles. The average molecular weight is 229 g/mol. The fourth-order valence-electron chi connectivity index (χ4n) is 2.22. The standard InChI is InChI=1S/C12H23NO3/c1-3-10(11(14)15-4-2)16-12(9-13)7-5-6-8-12/h10H,3-9,13H2,1-2H3. The third kappa shape index (κ3) is 3.19. The SMILES string of the molecule is CCOC(=O)C(CC)OC1(CN)CCCC1. The van der Waals surface area contributed by atoms with Gasteiger partial charge in [-0.05, 0) is 26.2 Å². The summed E-state index contributed by atoms with van der Waals surface area (Å²) in [5.41, 5.74) is 5.48. The lowest BCUT2D eigenvalue weighted by Crippen LogP contribution is -2.43. The molecule has 1 saturated carbocycles. The highest BCUT2D eigenvalue weighted by Crippen LogP contribution is 2.33. The van der Waals surface area contributed by atoms with Crippen molar-refractivity contribution in [2.45, 2.75) is 57.7 Å². The second-order valence-corrected chi connectivity index (χ2v) is 4.36. The number of carbonyl (C=O) groups is 1. The second-order valence-electron chi connectivity index (χ2n) is 4.36. The van der Waals surface area contributed by atoms with Gasteiger partial charge in [-0.25, -0.2) is 4.79 Å². The van der Waals surface area contributed by atoms with Crippen molar-refractivity contribution in [1.29, 1.82) is 0 Å². The molecule has 0 aliphatic heterocycles. The molecule has 94 valence electrons. The highest BCUT2D eigenvalue weighted by atomic mass is 16.6. The van der Waals surface area contributed by atoms with Gasteiger partial charge >= 0.3 is 5.97 Å². The van der Waals surface area contributed by atoms with Gasteiger partial charge < -0.3 is 15.2 Å². The maximum absolute atomic E-state index is 11.6. The van der Waals surface area contributed by atoms with Crippen LogP contribution in [0.4, 0.5) is 0 Å². The van der Waals surface area contributed by atoms with Crippen LogP contribution in [0.1, 0.15) is 46.0 Å². The highest BCUT2D eigenvalue weighted by molar-refractivity contribution is 5.74. The van der Waals surface area contributed by atoms with E-state index in [0.717, 1.165) is 25.7 Å². The Morgan fingerprint density at radius 3 is 2.44 bits per heavy atom. The van der Waals surface area contributed by atoms with Crippen molar-refractivity contribution >= 4 is 5.97 Å². The van der Waals surface area contributed by atoms with E-state index < -0.39 is 6.10 Å². The molecule has 1 fully saturated rings. The Bertz CT molecular complexity index is 224. The topological polar surface area (TPSA) is 61.5 Å². The van der Waals surface area contributed by atoms with E-state index >= 15 is 0 Å². The summed E-state index contributed by atoms with van der Waals surface area (Å²) in [6.45, 7) is 4.62. The Kier molecular flexibility index (Phi) is 5.22. The van der Waals surface area contributed by atoms with Crippen molar-refractivity contribution < 1.29 is 14.3 Å². The third-order valence-corrected chi connectivity index (χ3v) is 3.20. The van der Waals surface area contributed by atoms with Crippen molar-refractivity contribution in [2.75, 3.05) is 13.2 Å². The van der Waals surface area contributed by atoms with Gasteiger partial charge in [0.05, 0.1) is 12.2 Å². The number of carbonyl (C=O) groups excluding carboxylic acids is 1. The molecule has 1 aliphatic rings. The van der Waals surface area contributed by atoms with E-state index in [4.69, 9.17) is 15.2 Å². The first-order valence-electron chi connectivity index (χ1n) is 6.22. The number of nitrogens with two attached hydrogens (primary N) is 1. The molecule has 1 unspecified atom stereocenters. The molecule has 16 heavy (non-hydrogen) atoms. The fraction of sp³-hybridized carbons (Fsp3) is 0.917. The highest BCUT2D eigenvalue weighted by Gasteiger charge is 2.37. The Morgan fingerprint density at radius 1 is 1.38 bits per heavy atom. The summed E-state index contributed by atoms with van der Waals surface area (Å²) >= 11 is 0. The predicted molar refractivity (Wildman–Crippen MR) is 62.1 cm³/mol. The normalized spacial score (nSPS) is 20.7. The molecule has 0 amide bonds. The van der Waals surface area contributed by atoms with Crippen LogP contribution in [0.2, 0.25) is 0 Å². The number of hydrogen-bond acceptors (Lipinski definition) is 4. The van der Waals surface area contributed by atoms with Gasteiger partial charge in [-0.1, -0.05) is 19.8 Å². The van der Waals surface area contributed by atoms with Crippen molar-refractivity contribution in [1.82, 2.24) is 0 Å². The van der Waals surface area contributed by atoms with E-state index in [9.17, 15) is 4.79 Å². The van der Waals surface area contributed by atoms with Crippen LogP contribution in [0.25, 0.3) is 0 Å². The molecule has 0 radical (unpaired) electrons. The quantitative estimate of drug-likeness (QED) is 0.703. The Morgan fingerprint density at radius 2 is 2.00 bits per heavy atom. The molecule has 4 heteroatoms. The first-order valence-corrected chi connectivity index (χ1v) is 6.22. The summed E-state index contributed by atoms with van der Waals surface area (Å²) in [5, 5.41) is 0. The smallest absolute Gasteiger partial charge is 0.335 e. The summed E-state index contributed by atoms with van der Waals surface area (Å²) in [6.07, 6.45) is 4.37. The van der Waals surface area contributed by atoms with Crippen LogP contribution in [0.3, 0.4) is 0 Å². The molecular formula is C12H23NO3. The zero-order valence-electron chi connectivity index (χ0n) is 10.3. The monoisotopic (exact) mass is 229 g/mol. The zero-order chi connectivity index (χ0) is 12.0. The molecule has 0 aromatic rings. The Balaban J connectivity index is 2.57. The lowest BCUT2D eigenvalue weighted by atomic mass is 10.0. The van der Waals surface area contributed by atoms with Crippen LogP contribution in [-0.4, -0.2) is 30.8 Å². The van der Waals surface area contributed by atoms with Gasteiger partial charge in [-0.2, -0.15) is 0 Å². The van der Waals surface area contributed by atoms with Gasteiger partial charge in [-0.3, -0.25) is 0 Å². The predicted octanol–water partition coefficient (Wildman–Crippen LogP) is 1.62. The summed E-state index contributed by atoms with van der Waals surface area (Å²) in [6, 6.07) is 0. The Labute approximate surface area is 97.5 Å². The van der Waals surface area contributed by atoms with E-state index in [0.29, 0.717) is 19.6 Å². The molecule has 1 aliphatic carbocycles. The zero-order valence-corrected chi connectivity index (χ0v) is 10.3. The van der Waals surface area contributed by atoms with E-state index in [-0.39, 0.29) is 11.6 Å². The molecule has 0 aromatic heterocycles. The summed E-state index contributed by atoms with van der Waals surface area (Å²) in [5.74, 6) is -0.260. The van der Waals surface area contributed by atoms with Crippen LogP contribution < -0.4 is 5.73 Å². The first-order chi connectivity index (χ1) is 7.67. The molecule has 1 rings (SSSR count). The maximum atomic E-state index is 11.6. The van der Waals surface area contributed by atoms with E-state index in [1.165, 1.54) is 0 Å². The largest absolute Gasteiger partial charge is 0.464 e. The molecule has 0 spiro atoms. The van der Waals surface area contributed by atoms with Gasteiger partial charge in [0, 0.05) is 6.54 Å². The van der Waals surface area contributed by atoms with E-state index in [1.807, 2.05) is 6.92 Å². The van der Waals surface area contributed by atoms with Crippen molar-refractivity contribution in [3.8, 4) is 0 Å². The molecule has 1 atom stereocenters. The third-order valence-electron chi connectivity index (χ3n) is 3.20. The number of hydrogen-bond donors (Lipinski definition) is 1. The fourth-order valence-corrected chi connectivity index (χ4v) is 2.22. The second kappa shape index (κ2) is 6.21. The van der Waals surface area contributed by atoms with Crippen molar-refractivity contribution in [3.63, 3.8) is 0 Å². The number of ether oxygens (including phenoxy) is 2. The van der Waals surface area contributed by atoms with Gasteiger partial charge in [0.2, 0.25) is 0 Å². The van der Waals surface area contributed by atoms with Crippen LogP contribution in [0, 0.1) is 0 Å². The van der Waals surface area contributed by atoms with Gasteiger partial charge in [0.25, 0.3) is 0 Å². The van der Waals surface area contributed by atoms with Crippen LogP contribution >= 0.6 is 0 Å². The first kappa shape index (κ1) is 13.5. The Hall–Kier alpha value is -0.610. The summed E-state index contributed by atoms with van der Waals surface area (Å²) in [4.78, 5) is 11.6. The van der Waals surface area contributed by atoms with Gasteiger partial charge in [-0.15, -0.1) is 0 Å². The van der Waals surface area contributed by atoms with Crippen LogP contribution in [0.5, 0.6) is 0 Å². The maximum Gasteiger partial charge on any atom is 0.335 e. The van der Waals surface area contributed by atoms with Crippen LogP contribution in [0.15, 0.2) is 0 Å².